The molecule has 0 aliphatic heterocycles. The van der Waals surface area contributed by atoms with Crippen LogP contribution >= 0.6 is 0 Å². The summed E-state index contributed by atoms with van der Waals surface area (Å²) in [5.74, 6) is -3.26. The number of aromatic hydroxyl groups is 1. The van der Waals surface area contributed by atoms with Gasteiger partial charge in [0.1, 0.15) is 24.4 Å². The number of fused-ring (bicyclic) bond motifs is 1. The molecule has 202 valence electrons. The van der Waals surface area contributed by atoms with Crippen molar-refractivity contribution in [3.05, 3.63) is 65.9 Å². The van der Waals surface area contributed by atoms with Crippen LogP contribution in [0.3, 0.4) is 0 Å². The Hall–Kier alpha value is -4.38. The molecule has 0 aliphatic rings. The van der Waals surface area contributed by atoms with Crippen LogP contribution in [0.5, 0.6) is 5.75 Å². The lowest BCUT2D eigenvalue weighted by molar-refractivity contribution is -0.138. The highest BCUT2D eigenvalue weighted by atomic mass is 16.4. The molecule has 3 atom stereocenters. The number of nitrogens with two attached hydrogens (primary N) is 1. The fourth-order valence-corrected chi connectivity index (χ4v) is 4.05. The molecule has 1 heterocycles. The first-order valence-corrected chi connectivity index (χ1v) is 12.2. The monoisotopic (exact) mass is 523 g/mol. The van der Waals surface area contributed by atoms with Gasteiger partial charge in [-0.25, -0.2) is 0 Å². The largest absolute Gasteiger partial charge is 0.508 e. The van der Waals surface area contributed by atoms with E-state index in [2.05, 4.69) is 20.9 Å². The Bertz CT molecular complexity index is 1290. The molecule has 0 saturated heterocycles. The van der Waals surface area contributed by atoms with Crippen LogP contribution in [0.4, 0.5) is 0 Å². The molecule has 0 spiro atoms. The number of carbonyl (C=O) groups is 4. The van der Waals surface area contributed by atoms with Crippen molar-refractivity contribution in [1.82, 2.24) is 20.9 Å². The maximum Gasteiger partial charge on any atom is 0.322 e. The molecule has 3 unspecified atom stereocenters. The maximum absolute atomic E-state index is 13.3. The predicted molar refractivity (Wildman–Crippen MR) is 141 cm³/mol. The van der Waals surface area contributed by atoms with Crippen LogP contribution in [-0.2, 0) is 32.0 Å². The number of aliphatic carboxylic acids is 1. The average molecular weight is 524 g/mol. The third-order valence-electron chi connectivity index (χ3n) is 6.12. The van der Waals surface area contributed by atoms with Gasteiger partial charge in [0.25, 0.3) is 0 Å². The Labute approximate surface area is 219 Å². The lowest BCUT2D eigenvalue weighted by Gasteiger charge is -2.26. The number of aromatic nitrogens is 1. The topological polar surface area (TPSA) is 187 Å². The number of hydrogen-bond donors (Lipinski definition) is 7. The predicted octanol–water partition coefficient (Wildman–Crippen LogP) is 0.812. The van der Waals surface area contributed by atoms with Crippen molar-refractivity contribution in [3.8, 4) is 5.75 Å². The SMILES string of the molecule is CC(C)C(NC(=O)C(N)Cc1ccc(O)cc1)C(=O)NC(Cc1c[nH]c2ccccc12)C(=O)NCC(=O)O. The maximum atomic E-state index is 13.3. The minimum atomic E-state index is -1.22. The number of aromatic amines is 1. The van der Waals surface area contributed by atoms with E-state index in [1.807, 2.05) is 24.3 Å². The van der Waals surface area contributed by atoms with Gasteiger partial charge in [-0.05, 0) is 41.7 Å². The zero-order chi connectivity index (χ0) is 27.8. The number of benzene rings is 2. The molecule has 0 aliphatic carbocycles. The van der Waals surface area contributed by atoms with E-state index in [0.717, 1.165) is 22.0 Å². The van der Waals surface area contributed by atoms with Gasteiger partial charge >= 0.3 is 5.97 Å². The number of carboxylic acid groups (broad SMARTS) is 1. The number of phenolic OH excluding ortho intramolecular Hbond substituents is 1. The standard InChI is InChI=1S/C27H33N5O6/c1-15(2)24(32-25(36)20(28)11-16-7-9-18(33)10-8-16)27(38)31-22(26(37)30-14-23(34)35)12-17-13-29-21-6-4-3-5-19(17)21/h3-10,13,15,20,22,24,29,33H,11-12,14,28H2,1-2H3,(H,30,37)(H,31,38)(H,32,36)(H,34,35). The number of H-pyrrole nitrogens is 1. The Morgan fingerprint density at radius 1 is 0.921 bits per heavy atom. The van der Waals surface area contributed by atoms with E-state index in [1.165, 1.54) is 12.1 Å². The Morgan fingerprint density at radius 3 is 2.26 bits per heavy atom. The third kappa shape index (κ3) is 7.56. The number of carbonyl (C=O) groups excluding carboxylic acids is 3. The molecule has 2 aromatic carbocycles. The number of phenols is 1. The van der Waals surface area contributed by atoms with Gasteiger partial charge < -0.3 is 36.9 Å². The molecule has 11 nitrogen and oxygen atoms in total. The average Bonchev–Trinajstić information content (AvgIpc) is 3.29. The van der Waals surface area contributed by atoms with Gasteiger partial charge in [-0.1, -0.05) is 44.2 Å². The van der Waals surface area contributed by atoms with Gasteiger partial charge in [0.05, 0.1) is 6.04 Å². The number of nitrogens with one attached hydrogen (secondary N) is 4. The Morgan fingerprint density at radius 2 is 1.61 bits per heavy atom. The van der Waals surface area contributed by atoms with Gasteiger partial charge in [0.15, 0.2) is 0 Å². The van der Waals surface area contributed by atoms with Crippen LogP contribution in [0.25, 0.3) is 10.9 Å². The van der Waals surface area contributed by atoms with Crippen LogP contribution in [0.2, 0.25) is 0 Å². The van der Waals surface area contributed by atoms with E-state index in [9.17, 15) is 24.3 Å². The summed E-state index contributed by atoms with van der Waals surface area (Å²) in [4.78, 5) is 53.1. The highest BCUT2D eigenvalue weighted by Crippen LogP contribution is 2.19. The van der Waals surface area contributed by atoms with E-state index >= 15 is 0 Å². The van der Waals surface area contributed by atoms with E-state index in [-0.39, 0.29) is 24.5 Å². The lowest BCUT2D eigenvalue weighted by atomic mass is 9.99. The molecular formula is C27H33N5O6. The van der Waals surface area contributed by atoms with Crippen molar-refractivity contribution in [2.24, 2.45) is 11.7 Å². The smallest absolute Gasteiger partial charge is 0.322 e. The van der Waals surface area contributed by atoms with Gasteiger partial charge in [0.2, 0.25) is 17.7 Å². The summed E-state index contributed by atoms with van der Waals surface area (Å²) in [5.41, 5.74) is 8.42. The Kier molecular flexibility index (Phi) is 9.44. The van der Waals surface area contributed by atoms with E-state index < -0.39 is 48.4 Å². The summed E-state index contributed by atoms with van der Waals surface area (Å²) >= 11 is 0. The quantitative estimate of drug-likeness (QED) is 0.183. The number of para-hydroxylation sites is 1. The molecule has 3 rings (SSSR count). The second-order valence-corrected chi connectivity index (χ2v) is 9.44. The highest BCUT2D eigenvalue weighted by Gasteiger charge is 2.30. The normalized spacial score (nSPS) is 13.5. The first kappa shape index (κ1) is 28.2. The molecule has 0 fully saturated rings. The molecule has 0 saturated carbocycles. The van der Waals surface area contributed by atoms with Crippen LogP contribution in [-0.4, -0.2) is 63.6 Å². The molecule has 3 amide bonds. The molecule has 0 bridgehead atoms. The van der Waals surface area contributed by atoms with Gasteiger partial charge in [-0.3, -0.25) is 19.2 Å². The number of carboxylic acids is 1. The Balaban J connectivity index is 1.73. The second kappa shape index (κ2) is 12.7. The van der Waals surface area contributed by atoms with Gasteiger partial charge in [-0.2, -0.15) is 0 Å². The summed E-state index contributed by atoms with van der Waals surface area (Å²) in [7, 11) is 0. The fraction of sp³-hybridized carbons (Fsp3) is 0.333. The number of amides is 3. The third-order valence-corrected chi connectivity index (χ3v) is 6.12. The van der Waals surface area contributed by atoms with Crippen molar-refractivity contribution in [2.45, 2.75) is 44.8 Å². The van der Waals surface area contributed by atoms with Crippen LogP contribution < -0.4 is 21.7 Å². The van der Waals surface area contributed by atoms with Crippen molar-refractivity contribution in [2.75, 3.05) is 6.54 Å². The lowest BCUT2D eigenvalue weighted by Crippen LogP contribution is -2.58. The molecule has 11 heteroatoms. The molecule has 1 aromatic heterocycles. The number of hydrogen-bond acceptors (Lipinski definition) is 6. The zero-order valence-electron chi connectivity index (χ0n) is 21.2. The first-order valence-electron chi connectivity index (χ1n) is 12.2. The summed E-state index contributed by atoms with van der Waals surface area (Å²) < 4.78 is 0. The summed E-state index contributed by atoms with van der Waals surface area (Å²) in [5, 5.41) is 27.0. The van der Waals surface area contributed by atoms with Gasteiger partial charge in [0, 0.05) is 23.5 Å². The molecule has 0 radical (unpaired) electrons. The van der Waals surface area contributed by atoms with Crippen LogP contribution in [0.1, 0.15) is 25.0 Å². The summed E-state index contributed by atoms with van der Waals surface area (Å²) in [6, 6.07) is 10.7. The molecule has 8 N–H and O–H groups in total. The van der Waals surface area contributed by atoms with Crippen molar-refractivity contribution in [1.29, 1.82) is 0 Å². The van der Waals surface area contributed by atoms with Crippen molar-refractivity contribution < 1.29 is 29.4 Å². The molecule has 3 aromatic rings. The number of rotatable bonds is 12. The minimum Gasteiger partial charge on any atom is -0.508 e. The molecule has 38 heavy (non-hydrogen) atoms. The fourth-order valence-electron chi connectivity index (χ4n) is 4.05. The summed E-state index contributed by atoms with van der Waals surface area (Å²) in [6.45, 7) is 2.89. The van der Waals surface area contributed by atoms with Crippen molar-refractivity contribution >= 4 is 34.6 Å². The van der Waals surface area contributed by atoms with Crippen molar-refractivity contribution in [3.63, 3.8) is 0 Å². The zero-order valence-corrected chi connectivity index (χ0v) is 21.2. The van der Waals surface area contributed by atoms with Gasteiger partial charge in [-0.15, -0.1) is 0 Å². The van der Waals surface area contributed by atoms with E-state index in [1.54, 1.807) is 32.2 Å². The van der Waals surface area contributed by atoms with E-state index in [4.69, 9.17) is 10.8 Å². The summed E-state index contributed by atoms with van der Waals surface area (Å²) in [6.07, 6.45) is 2.03. The van der Waals surface area contributed by atoms with Crippen LogP contribution in [0.15, 0.2) is 54.7 Å². The van der Waals surface area contributed by atoms with E-state index in [0.29, 0.717) is 0 Å². The second-order valence-electron chi connectivity index (χ2n) is 9.44. The first-order chi connectivity index (χ1) is 18.0. The highest BCUT2D eigenvalue weighted by molar-refractivity contribution is 5.94. The molecular weight excluding hydrogens is 490 g/mol. The minimum absolute atomic E-state index is 0.0953. The van der Waals surface area contributed by atoms with Crippen LogP contribution in [0, 0.1) is 5.92 Å².